The number of benzene rings is 1. The fraction of sp³-hybridized carbons (Fsp3) is 0.476. The molecule has 4 atom stereocenters. The van der Waals surface area contributed by atoms with Crippen LogP contribution in [0.4, 0.5) is 10.3 Å². The number of fused-ring (bicyclic) bond motifs is 1. The van der Waals surface area contributed by atoms with Crippen molar-refractivity contribution in [1.82, 2.24) is 9.97 Å². The smallest absolute Gasteiger partial charge is 0.307 e. The minimum absolute atomic E-state index is 0.0968. The van der Waals surface area contributed by atoms with Gasteiger partial charge in [-0.1, -0.05) is 18.2 Å². The Labute approximate surface area is 157 Å². The molecule has 1 saturated carbocycles. The summed E-state index contributed by atoms with van der Waals surface area (Å²) in [7, 11) is 0. The molecule has 2 unspecified atom stereocenters. The molecule has 2 aromatic rings. The standard InChI is InChI=1S/C21H22FN3O2/c1-11-17(22)10-25(11)21-23-18-7-3-6-14(18)19(24-21)13-5-2-4-12(8-13)15-9-16(15)20(26)27/h2,4-5,8,11,15-17H,3,6-7,9-10H2,1H3,(H,26,27)/t11-,15?,16?,17+/m0/s1. The van der Waals surface area contributed by atoms with Crippen LogP contribution < -0.4 is 4.90 Å². The lowest BCUT2D eigenvalue weighted by Gasteiger charge is -2.42. The zero-order valence-corrected chi connectivity index (χ0v) is 15.2. The van der Waals surface area contributed by atoms with Gasteiger partial charge in [0, 0.05) is 16.8 Å². The van der Waals surface area contributed by atoms with Gasteiger partial charge in [0.05, 0.1) is 24.2 Å². The van der Waals surface area contributed by atoms with Gasteiger partial charge in [0.15, 0.2) is 0 Å². The van der Waals surface area contributed by atoms with Crippen molar-refractivity contribution in [3.63, 3.8) is 0 Å². The maximum Gasteiger partial charge on any atom is 0.307 e. The summed E-state index contributed by atoms with van der Waals surface area (Å²) in [6.07, 6.45) is 2.83. The average Bonchev–Trinajstić information content (AvgIpc) is 3.35. The van der Waals surface area contributed by atoms with E-state index < -0.39 is 12.1 Å². The van der Waals surface area contributed by atoms with Gasteiger partial charge in [0.2, 0.25) is 5.95 Å². The van der Waals surface area contributed by atoms with Gasteiger partial charge in [-0.15, -0.1) is 0 Å². The predicted octanol–water partition coefficient (Wildman–Crippen LogP) is 3.37. The molecular formula is C21H22FN3O2. The summed E-state index contributed by atoms with van der Waals surface area (Å²) >= 11 is 0. The monoisotopic (exact) mass is 367 g/mol. The summed E-state index contributed by atoms with van der Waals surface area (Å²) in [6.45, 7) is 2.21. The number of hydrogen-bond donors (Lipinski definition) is 1. The van der Waals surface area contributed by atoms with Gasteiger partial charge in [-0.3, -0.25) is 4.79 Å². The third-order valence-corrected chi connectivity index (χ3v) is 6.26. The van der Waals surface area contributed by atoms with Gasteiger partial charge in [0.25, 0.3) is 0 Å². The first-order chi connectivity index (χ1) is 13.0. The number of halogens is 1. The molecule has 0 amide bonds. The Morgan fingerprint density at radius 3 is 2.85 bits per heavy atom. The van der Waals surface area contributed by atoms with Crippen LogP contribution in [-0.2, 0) is 17.6 Å². The van der Waals surface area contributed by atoms with Crippen LogP contribution in [0.2, 0.25) is 0 Å². The molecule has 1 aromatic carbocycles. The van der Waals surface area contributed by atoms with E-state index >= 15 is 0 Å². The average molecular weight is 367 g/mol. The third kappa shape index (κ3) is 2.69. The minimum Gasteiger partial charge on any atom is -0.481 e. The fourth-order valence-corrected chi connectivity index (χ4v) is 4.37. The molecule has 1 aromatic heterocycles. The van der Waals surface area contributed by atoms with Crippen molar-refractivity contribution in [3.05, 3.63) is 41.1 Å². The Balaban J connectivity index is 1.53. The highest BCUT2D eigenvalue weighted by molar-refractivity contribution is 5.76. The summed E-state index contributed by atoms with van der Waals surface area (Å²) in [4.78, 5) is 22.7. The number of carbonyl (C=O) groups is 1. The Hall–Kier alpha value is -2.50. The quantitative estimate of drug-likeness (QED) is 0.898. The number of carboxylic acid groups (broad SMARTS) is 1. The van der Waals surface area contributed by atoms with E-state index in [1.165, 1.54) is 5.56 Å². The second-order valence-corrected chi connectivity index (χ2v) is 7.97. The molecule has 1 aliphatic heterocycles. The van der Waals surface area contributed by atoms with E-state index in [0.29, 0.717) is 18.9 Å². The number of alkyl halides is 1. The van der Waals surface area contributed by atoms with Crippen molar-refractivity contribution < 1.29 is 14.3 Å². The molecule has 3 aliphatic rings. The molecule has 1 saturated heterocycles. The first-order valence-electron chi connectivity index (χ1n) is 9.66. The zero-order valence-electron chi connectivity index (χ0n) is 15.2. The molecule has 27 heavy (non-hydrogen) atoms. The van der Waals surface area contributed by atoms with Crippen LogP contribution in [0, 0.1) is 5.92 Å². The Morgan fingerprint density at radius 1 is 1.30 bits per heavy atom. The van der Waals surface area contributed by atoms with Crippen molar-refractivity contribution in [2.45, 2.75) is 50.7 Å². The van der Waals surface area contributed by atoms with Gasteiger partial charge >= 0.3 is 5.97 Å². The Morgan fingerprint density at radius 2 is 2.15 bits per heavy atom. The lowest BCUT2D eigenvalue weighted by atomic mass is 10.00. The second-order valence-electron chi connectivity index (χ2n) is 7.97. The molecule has 140 valence electrons. The zero-order chi connectivity index (χ0) is 18.7. The minimum atomic E-state index is -0.823. The maximum atomic E-state index is 13.6. The molecule has 0 bridgehead atoms. The van der Waals surface area contributed by atoms with Crippen molar-refractivity contribution in [3.8, 4) is 11.3 Å². The highest BCUT2D eigenvalue weighted by Crippen LogP contribution is 2.48. The van der Waals surface area contributed by atoms with Crippen LogP contribution >= 0.6 is 0 Å². The molecule has 0 radical (unpaired) electrons. The van der Waals surface area contributed by atoms with Crippen LogP contribution in [0.5, 0.6) is 0 Å². The topological polar surface area (TPSA) is 66.3 Å². The largest absolute Gasteiger partial charge is 0.481 e. The van der Waals surface area contributed by atoms with Gasteiger partial charge < -0.3 is 10.0 Å². The number of aryl methyl sites for hydroxylation is 1. The van der Waals surface area contributed by atoms with E-state index in [9.17, 15) is 14.3 Å². The number of aliphatic carboxylic acids is 1. The molecule has 2 fully saturated rings. The van der Waals surface area contributed by atoms with Crippen LogP contribution in [0.15, 0.2) is 24.3 Å². The van der Waals surface area contributed by atoms with Crippen molar-refractivity contribution >= 4 is 11.9 Å². The first kappa shape index (κ1) is 16.7. The summed E-state index contributed by atoms with van der Waals surface area (Å²) in [5.74, 6) is -0.273. The molecule has 2 aliphatic carbocycles. The van der Waals surface area contributed by atoms with Gasteiger partial charge in [0.1, 0.15) is 6.17 Å². The number of rotatable bonds is 4. The second kappa shape index (κ2) is 6.01. The van der Waals surface area contributed by atoms with E-state index in [2.05, 4.69) is 6.07 Å². The van der Waals surface area contributed by atoms with E-state index in [-0.39, 0.29) is 17.9 Å². The lowest BCUT2D eigenvalue weighted by Crippen LogP contribution is -2.57. The fourth-order valence-electron chi connectivity index (χ4n) is 4.37. The normalized spacial score (nSPS) is 28.6. The molecule has 2 heterocycles. The number of aromatic nitrogens is 2. The van der Waals surface area contributed by atoms with Gasteiger partial charge in [-0.2, -0.15) is 0 Å². The number of nitrogens with zero attached hydrogens (tertiary/aromatic N) is 3. The van der Waals surface area contributed by atoms with E-state index in [1.807, 2.05) is 30.0 Å². The summed E-state index contributed by atoms with van der Waals surface area (Å²) in [5, 5.41) is 9.22. The molecule has 5 nitrogen and oxygen atoms in total. The van der Waals surface area contributed by atoms with E-state index in [0.717, 1.165) is 41.8 Å². The Kier molecular flexibility index (Phi) is 3.71. The molecule has 5 rings (SSSR count). The highest BCUT2D eigenvalue weighted by atomic mass is 19.1. The summed E-state index contributed by atoms with van der Waals surface area (Å²) in [5.41, 5.74) is 5.26. The summed E-state index contributed by atoms with van der Waals surface area (Å²) < 4.78 is 13.6. The van der Waals surface area contributed by atoms with Gasteiger partial charge in [-0.25, -0.2) is 14.4 Å². The molecule has 1 N–H and O–H groups in total. The summed E-state index contributed by atoms with van der Waals surface area (Å²) in [6, 6.07) is 7.91. The maximum absolute atomic E-state index is 13.6. The van der Waals surface area contributed by atoms with Crippen molar-refractivity contribution in [1.29, 1.82) is 0 Å². The SMILES string of the molecule is C[C@H]1[C@H](F)CN1c1nc2c(c(-c3cccc(C4CC4C(=O)O)c3)n1)CCC2. The molecular weight excluding hydrogens is 345 g/mol. The van der Waals surface area contributed by atoms with Crippen molar-refractivity contribution in [2.75, 3.05) is 11.4 Å². The predicted molar refractivity (Wildman–Crippen MR) is 99.7 cm³/mol. The van der Waals surface area contributed by atoms with Crippen LogP contribution in [0.3, 0.4) is 0 Å². The first-order valence-corrected chi connectivity index (χ1v) is 9.66. The van der Waals surface area contributed by atoms with Crippen LogP contribution in [0.25, 0.3) is 11.3 Å². The van der Waals surface area contributed by atoms with Gasteiger partial charge in [-0.05, 0) is 50.2 Å². The third-order valence-electron chi connectivity index (χ3n) is 6.26. The molecule has 0 spiro atoms. The number of hydrogen-bond acceptors (Lipinski definition) is 4. The van der Waals surface area contributed by atoms with Crippen LogP contribution in [0.1, 0.15) is 42.5 Å². The van der Waals surface area contributed by atoms with E-state index in [1.54, 1.807) is 0 Å². The number of carboxylic acids is 1. The van der Waals surface area contributed by atoms with E-state index in [4.69, 9.17) is 9.97 Å². The number of anilines is 1. The molecule has 6 heteroatoms. The highest BCUT2D eigenvalue weighted by Gasteiger charge is 2.44. The Bertz CT molecular complexity index is 932. The lowest BCUT2D eigenvalue weighted by molar-refractivity contribution is -0.138. The van der Waals surface area contributed by atoms with Crippen LogP contribution in [-0.4, -0.2) is 39.8 Å². The van der Waals surface area contributed by atoms with Crippen molar-refractivity contribution in [2.24, 2.45) is 5.92 Å².